The van der Waals surface area contributed by atoms with Gasteiger partial charge in [-0.15, -0.1) is 0 Å². The number of benzene rings is 2. The van der Waals surface area contributed by atoms with Crippen molar-refractivity contribution in [3.05, 3.63) is 125 Å². The normalized spacial score (nSPS) is 14.8. The van der Waals surface area contributed by atoms with Gasteiger partial charge >= 0.3 is 0 Å². The average molecular weight is 556 g/mol. The van der Waals surface area contributed by atoms with Crippen molar-refractivity contribution in [2.24, 2.45) is 0 Å². The summed E-state index contributed by atoms with van der Waals surface area (Å²) in [6.07, 6.45) is 10.0. The topological polar surface area (TPSA) is 88.8 Å². The molecule has 1 saturated heterocycles. The van der Waals surface area contributed by atoms with Crippen molar-refractivity contribution in [2.45, 2.75) is 13.3 Å². The second-order valence-corrected chi connectivity index (χ2v) is 10.1. The number of ether oxygens (including phenoxy) is 1. The SMILES string of the molecule is Cc1cccc(C(=O)NC2=CC(C#Cc3cnc4ccc(-c5ccc(C(=O)N6CCOCC6)cc5)nn34)=CC=CC2)c1. The summed E-state index contributed by atoms with van der Waals surface area (Å²) in [5.74, 6) is 6.24. The Bertz CT molecular complexity index is 1810. The Morgan fingerprint density at radius 1 is 0.976 bits per heavy atom. The van der Waals surface area contributed by atoms with E-state index in [1.165, 1.54) is 0 Å². The van der Waals surface area contributed by atoms with Crippen LogP contribution in [0, 0.1) is 18.8 Å². The van der Waals surface area contributed by atoms with Gasteiger partial charge in [0.1, 0.15) is 5.69 Å². The van der Waals surface area contributed by atoms with E-state index in [0.29, 0.717) is 55.2 Å². The number of amides is 2. The van der Waals surface area contributed by atoms with Gasteiger partial charge in [0.15, 0.2) is 5.65 Å². The molecule has 1 aliphatic heterocycles. The van der Waals surface area contributed by atoms with Crippen LogP contribution in [0.15, 0.2) is 102 Å². The number of imidazole rings is 1. The standard InChI is InChI=1S/C34H29N5O3/c1-24-5-4-7-28(21-24)33(40)36-29-8-3-2-6-25(22-29)9-14-30-23-35-32-16-15-31(37-39(30)32)26-10-12-27(13-11-26)34(41)38-17-19-42-20-18-38/h2-7,10-13,15-16,21-23H,8,17-20H2,1H3,(H,36,40). The second-order valence-electron chi connectivity index (χ2n) is 10.1. The summed E-state index contributed by atoms with van der Waals surface area (Å²) in [5.41, 5.74) is 6.76. The van der Waals surface area contributed by atoms with Crippen molar-refractivity contribution in [1.29, 1.82) is 0 Å². The van der Waals surface area contributed by atoms with E-state index in [4.69, 9.17) is 9.84 Å². The zero-order valence-corrected chi connectivity index (χ0v) is 23.2. The molecule has 0 bridgehead atoms. The van der Waals surface area contributed by atoms with Crippen LogP contribution in [0.1, 0.15) is 38.4 Å². The molecule has 0 unspecified atom stereocenters. The molecule has 2 amide bonds. The van der Waals surface area contributed by atoms with E-state index >= 15 is 0 Å². The van der Waals surface area contributed by atoms with Crippen LogP contribution in [0.4, 0.5) is 0 Å². The van der Waals surface area contributed by atoms with E-state index in [2.05, 4.69) is 22.1 Å². The highest BCUT2D eigenvalue weighted by Gasteiger charge is 2.18. The van der Waals surface area contributed by atoms with Crippen molar-refractivity contribution in [2.75, 3.05) is 26.3 Å². The van der Waals surface area contributed by atoms with Crippen LogP contribution in [0.5, 0.6) is 0 Å². The maximum Gasteiger partial charge on any atom is 0.255 e. The molecule has 2 aromatic carbocycles. The first-order chi connectivity index (χ1) is 20.5. The highest BCUT2D eigenvalue weighted by Crippen LogP contribution is 2.20. The number of fused-ring (bicyclic) bond motifs is 1. The zero-order chi connectivity index (χ0) is 28.9. The van der Waals surface area contributed by atoms with Gasteiger partial charge in [-0.2, -0.15) is 5.10 Å². The largest absolute Gasteiger partial charge is 0.378 e. The first-order valence-electron chi connectivity index (χ1n) is 13.8. The lowest BCUT2D eigenvalue weighted by Crippen LogP contribution is -2.40. The number of aromatic nitrogens is 3. The lowest BCUT2D eigenvalue weighted by atomic mass is 10.1. The number of nitrogens with one attached hydrogen (secondary N) is 1. The molecule has 0 spiro atoms. The molecule has 1 fully saturated rings. The van der Waals surface area contributed by atoms with E-state index in [-0.39, 0.29) is 11.8 Å². The summed E-state index contributed by atoms with van der Waals surface area (Å²) in [5, 5.41) is 7.79. The molecule has 0 radical (unpaired) electrons. The second kappa shape index (κ2) is 12.1. The smallest absolute Gasteiger partial charge is 0.255 e. The Balaban J connectivity index is 1.20. The van der Waals surface area contributed by atoms with Gasteiger partial charge in [0.25, 0.3) is 11.8 Å². The number of hydrogen-bond acceptors (Lipinski definition) is 5. The van der Waals surface area contributed by atoms with Crippen LogP contribution >= 0.6 is 0 Å². The van der Waals surface area contributed by atoms with Gasteiger partial charge in [-0.05, 0) is 61.4 Å². The first kappa shape index (κ1) is 26.9. The number of aryl methyl sites for hydroxylation is 1. The molecule has 6 rings (SSSR count). The number of carbonyl (C=O) groups is 2. The number of nitrogens with zero attached hydrogens (tertiary/aromatic N) is 4. The molecule has 8 heteroatoms. The quantitative estimate of drug-likeness (QED) is 0.368. The molecular weight excluding hydrogens is 526 g/mol. The Hall–Kier alpha value is -5.26. The van der Waals surface area contributed by atoms with Crippen LogP contribution < -0.4 is 5.32 Å². The number of morpholine rings is 1. The summed E-state index contributed by atoms with van der Waals surface area (Å²) in [7, 11) is 0. The summed E-state index contributed by atoms with van der Waals surface area (Å²) in [6.45, 7) is 4.31. The first-order valence-corrected chi connectivity index (χ1v) is 13.8. The van der Waals surface area contributed by atoms with Gasteiger partial charge in [0, 0.05) is 47.5 Å². The van der Waals surface area contributed by atoms with Crippen molar-refractivity contribution >= 4 is 17.5 Å². The van der Waals surface area contributed by atoms with Crippen LogP contribution in [0.25, 0.3) is 16.9 Å². The van der Waals surface area contributed by atoms with Crippen LogP contribution in [-0.4, -0.2) is 57.6 Å². The van der Waals surface area contributed by atoms with Crippen molar-refractivity contribution < 1.29 is 14.3 Å². The highest BCUT2D eigenvalue weighted by molar-refractivity contribution is 5.95. The minimum absolute atomic E-state index is 0.00929. The molecule has 0 saturated carbocycles. The minimum Gasteiger partial charge on any atom is -0.378 e. The average Bonchev–Trinajstić information content (AvgIpc) is 3.30. The fourth-order valence-corrected chi connectivity index (χ4v) is 4.81. The van der Waals surface area contributed by atoms with Crippen molar-refractivity contribution in [3.8, 4) is 23.1 Å². The summed E-state index contributed by atoms with van der Waals surface area (Å²) in [4.78, 5) is 31.8. The Morgan fingerprint density at radius 3 is 2.62 bits per heavy atom. The molecule has 4 aromatic rings. The summed E-state index contributed by atoms with van der Waals surface area (Å²) >= 11 is 0. The number of rotatable bonds is 4. The predicted octanol–water partition coefficient (Wildman–Crippen LogP) is 4.73. The molecule has 42 heavy (non-hydrogen) atoms. The molecule has 1 N–H and O–H groups in total. The maximum absolute atomic E-state index is 12.8. The molecule has 3 heterocycles. The van der Waals surface area contributed by atoms with E-state index in [9.17, 15) is 9.59 Å². The lowest BCUT2D eigenvalue weighted by molar-refractivity contribution is 0.0303. The van der Waals surface area contributed by atoms with E-state index in [1.807, 2.05) is 90.7 Å². The number of hydrogen-bond donors (Lipinski definition) is 1. The third-order valence-corrected chi connectivity index (χ3v) is 7.06. The molecule has 2 aromatic heterocycles. The van der Waals surface area contributed by atoms with Gasteiger partial charge in [-0.25, -0.2) is 9.50 Å². The third-order valence-electron chi connectivity index (χ3n) is 7.06. The van der Waals surface area contributed by atoms with Gasteiger partial charge in [-0.3, -0.25) is 9.59 Å². The summed E-state index contributed by atoms with van der Waals surface area (Å²) < 4.78 is 7.07. The summed E-state index contributed by atoms with van der Waals surface area (Å²) in [6, 6.07) is 18.8. The molecule has 8 nitrogen and oxygen atoms in total. The molecule has 0 atom stereocenters. The van der Waals surface area contributed by atoms with E-state index < -0.39 is 0 Å². The lowest BCUT2D eigenvalue weighted by Gasteiger charge is -2.26. The third kappa shape index (κ3) is 6.07. The van der Waals surface area contributed by atoms with Gasteiger partial charge in [-0.1, -0.05) is 47.9 Å². The Labute approximate surface area is 244 Å². The molecule has 208 valence electrons. The van der Waals surface area contributed by atoms with E-state index in [0.717, 1.165) is 28.1 Å². The molecular formula is C34H29N5O3. The zero-order valence-electron chi connectivity index (χ0n) is 23.2. The van der Waals surface area contributed by atoms with Crippen molar-refractivity contribution in [1.82, 2.24) is 24.8 Å². The number of carbonyl (C=O) groups excluding carboxylic acids is 2. The minimum atomic E-state index is -0.149. The monoisotopic (exact) mass is 555 g/mol. The fraction of sp³-hybridized carbons (Fsp3) is 0.176. The maximum atomic E-state index is 12.8. The Kier molecular flexibility index (Phi) is 7.75. The van der Waals surface area contributed by atoms with E-state index in [1.54, 1.807) is 16.8 Å². The molecule has 2 aliphatic rings. The Morgan fingerprint density at radius 2 is 1.81 bits per heavy atom. The molecule has 1 aliphatic carbocycles. The van der Waals surface area contributed by atoms with Crippen molar-refractivity contribution in [3.63, 3.8) is 0 Å². The van der Waals surface area contributed by atoms with Gasteiger partial charge in [0.2, 0.25) is 0 Å². The predicted molar refractivity (Wildman–Crippen MR) is 161 cm³/mol. The highest BCUT2D eigenvalue weighted by atomic mass is 16.5. The fourth-order valence-electron chi connectivity index (χ4n) is 4.81. The van der Waals surface area contributed by atoms with Gasteiger partial charge in [0.05, 0.1) is 25.1 Å². The van der Waals surface area contributed by atoms with Gasteiger partial charge < -0.3 is 15.0 Å². The van der Waals surface area contributed by atoms with Crippen LogP contribution in [0.3, 0.4) is 0 Å². The van der Waals surface area contributed by atoms with Crippen LogP contribution in [-0.2, 0) is 4.74 Å². The van der Waals surface area contributed by atoms with Crippen LogP contribution in [0.2, 0.25) is 0 Å². The number of allylic oxidation sites excluding steroid dienone is 5.